The minimum atomic E-state index is -0.251. The monoisotopic (exact) mass is 399 g/mol. The van der Waals surface area contributed by atoms with E-state index in [9.17, 15) is 9.18 Å². The molecule has 0 radical (unpaired) electrons. The van der Waals surface area contributed by atoms with Crippen LogP contribution in [0, 0.1) is 5.82 Å². The van der Waals surface area contributed by atoms with Gasteiger partial charge in [0.2, 0.25) is 5.91 Å². The van der Waals surface area contributed by atoms with Crippen LogP contribution < -0.4 is 10.6 Å². The Balaban J connectivity index is 1.57. The van der Waals surface area contributed by atoms with Crippen molar-refractivity contribution < 1.29 is 13.9 Å². The predicted octanol–water partition coefficient (Wildman–Crippen LogP) is 3.02. The second-order valence-corrected chi connectivity index (χ2v) is 7.34. The second-order valence-electron chi connectivity index (χ2n) is 7.34. The van der Waals surface area contributed by atoms with Crippen LogP contribution in [0.5, 0.6) is 0 Å². The lowest BCUT2D eigenvalue weighted by Crippen LogP contribution is -2.49. The Morgan fingerprint density at radius 3 is 2.86 bits per heavy atom. The van der Waals surface area contributed by atoms with Crippen molar-refractivity contribution in [2.75, 3.05) is 32.8 Å². The first-order valence-electron chi connectivity index (χ1n) is 10.3. The van der Waals surface area contributed by atoms with Gasteiger partial charge >= 0.3 is 0 Å². The summed E-state index contributed by atoms with van der Waals surface area (Å²) in [5.74, 6) is -0.281. The van der Waals surface area contributed by atoms with Crippen LogP contribution in [0.25, 0.3) is 0 Å². The highest BCUT2D eigenvalue weighted by atomic mass is 19.1. The zero-order valence-corrected chi connectivity index (χ0v) is 17.0. The molecule has 2 N–H and O–H groups in total. The second kappa shape index (κ2) is 11.0. The van der Waals surface area contributed by atoms with E-state index < -0.39 is 0 Å². The van der Waals surface area contributed by atoms with E-state index in [0.717, 1.165) is 42.8 Å². The summed E-state index contributed by atoms with van der Waals surface area (Å²) < 4.78 is 19.3. The summed E-state index contributed by atoms with van der Waals surface area (Å²) in [6.45, 7) is 6.39. The van der Waals surface area contributed by atoms with E-state index >= 15 is 0 Å². The van der Waals surface area contributed by atoms with Crippen LogP contribution >= 0.6 is 0 Å². The maximum absolute atomic E-state index is 13.6. The van der Waals surface area contributed by atoms with Crippen molar-refractivity contribution in [1.82, 2.24) is 15.5 Å². The van der Waals surface area contributed by atoms with E-state index in [-0.39, 0.29) is 24.3 Å². The summed E-state index contributed by atoms with van der Waals surface area (Å²) in [6.07, 6.45) is 0.982. The van der Waals surface area contributed by atoms with Crippen LogP contribution in [0.3, 0.4) is 0 Å². The lowest BCUT2D eigenvalue weighted by molar-refractivity contribution is -0.123. The zero-order chi connectivity index (χ0) is 20.5. The zero-order valence-electron chi connectivity index (χ0n) is 17.0. The molecule has 5 nitrogen and oxygen atoms in total. The molecule has 1 aliphatic heterocycles. The van der Waals surface area contributed by atoms with Gasteiger partial charge in [0.25, 0.3) is 0 Å². The number of rotatable bonds is 9. The first-order chi connectivity index (χ1) is 14.2. The van der Waals surface area contributed by atoms with E-state index in [1.807, 2.05) is 30.3 Å². The molecule has 6 heteroatoms. The summed E-state index contributed by atoms with van der Waals surface area (Å²) in [5, 5.41) is 6.37. The summed E-state index contributed by atoms with van der Waals surface area (Å²) in [6, 6.07) is 14.6. The molecule has 29 heavy (non-hydrogen) atoms. The van der Waals surface area contributed by atoms with Crippen LogP contribution in [-0.2, 0) is 22.7 Å². The number of carbonyl (C=O) groups excluding carboxylic acids is 1. The van der Waals surface area contributed by atoms with Crippen molar-refractivity contribution in [3.05, 3.63) is 71.0 Å². The minimum Gasteiger partial charge on any atom is -0.377 e. The van der Waals surface area contributed by atoms with Crippen LogP contribution in [-0.4, -0.2) is 43.6 Å². The van der Waals surface area contributed by atoms with E-state index in [4.69, 9.17) is 4.74 Å². The maximum Gasteiger partial charge on any atom is 0.234 e. The number of carbonyl (C=O) groups is 1. The fourth-order valence-corrected chi connectivity index (χ4v) is 3.61. The smallest absolute Gasteiger partial charge is 0.234 e. The highest BCUT2D eigenvalue weighted by Crippen LogP contribution is 2.22. The predicted molar refractivity (Wildman–Crippen MR) is 112 cm³/mol. The first kappa shape index (κ1) is 21.4. The molecule has 0 aliphatic carbocycles. The number of nitrogens with zero attached hydrogens (tertiary/aromatic N) is 1. The number of piperazine rings is 1. The molecule has 0 saturated carbocycles. The number of amides is 1. The molecule has 2 aromatic carbocycles. The topological polar surface area (TPSA) is 53.6 Å². The van der Waals surface area contributed by atoms with E-state index in [0.29, 0.717) is 19.7 Å². The Morgan fingerprint density at radius 2 is 2.07 bits per heavy atom. The molecule has 3 rings (SSSR count). The van der Waals surface area contributed by atoms with Gasteiger partial charge in [-0.1, -0.05) is 43.3 Å². The summed E-state index contributed by atoms with van der Waals surface area (Å²) in [4.78, 5) is 14.7. The quantitative estimate of drug-likeness (QED) is 0.637. The van der Waals surface area contributed by atoms with Gasteiger partial charge in [0.05, 0.1) is 13.2 Å². The molecule has 1 atom stereocenters. The summed E-state index contributed by atoms with van der Waals surface area (Å²) in [7, 11) is 0. The van der Waals surface area contributed by atoms with Gasteiger partial charge in [-0.05, 0) is 35.2 Å². The van der Waals surface area contributed by atoms with Gasteiger partial charge in [0.15, 0.2) is 0 Å². The number of halogens is 1. The molecular formula is C23H30FN3O2. The van der Waals surface area contributed by atoms with Crippen LogP contribution in [0.2, 0.25) is 0 Å². The summed E-state index contributed by atoms with van der Waals surface area (Å²) in [5.41, 5.74) is 3.06. The molecule has 1 amide bonds. The van der Waals surface area contributed by atoms with Gasteiger partial charge in [-0.25, -0.2) is 4.39 Å². The lowest BCUT2D eigenvalue weighted by atomic mass is 10.0. The Morgan fingerprint density at radius 1 is 1.24 bits per heavy atom. The van der Waals surface area contributed by atoms with Crippen molar-refractivity contribution >= 4 is 5.91 Å². The lowest BCUT2D eigenvalue weighted by Gasteiger charge is -2.36. The molecule has 1 fully saturated rings. The molecule has 1 unspecified atom stereocenters. The van der Waals surface area contributed by atoms with Gasteiger partial charge in [-0.15, -0.1) is 0 Å². The molecule has 2 aromatic rings. The average Bonchev–Trinajstić information content (AvgIpc) is 2.73. The van der Waals surface area contributed by atoms with Crippen molar-refractivity contribution in [1.29, 1.82) is 0 Å². The standard InChI is InChI=1S/C23H30FN3O2/c1-2-12-29-17-20-7-4-3-6-19(20)14-26-23(28)16-27-11-10-25-15-22(27)18-8-5-9-21(24)13-18/h3-9,13,22,25H,2,10-12,14-17H2,1H3,(H,26,28). The molecular weight excluding hydrogens is 369 g/mol. The molecule has 1 saturated heterocycles. The number of benzene rings is 2. The highest BCUT2D eigenvalue weighted by Gasteiger charge is 2.25. The van der Waals surface area contributed by atoms with Gasteiger partial charge in [-0.3, -0.25) is 9.69 Å². The maximum atomic E-state index is 13.6. The SMILES string of the molecule is CCCOCc1ccccc1CNC(=O)CN1CCNCC1c1cccc(F)c1. The molecule has 1 heterocycles. The van der Waals surface area contributed by atoms with Gasteiger partial charge in [0.1, 0.15) is 5.82 Å². The number of ether oxygens (including phenoxy) is 1. The van der Waals surface area contributed by atoms with Crippen LogP contribution in [0.4, 0.5) is 4.39 Å². The number of hydrogen-bond acceptors (Lipinski definition) is 4. The Hall–Kier alpha value is -2.28. The molecule has 0 aromatic heterocycles. The third-order valence-corrected chi connectivity index (χ3v) is 5.13. The molecule has 0 spiro atoms. The van der Waals surface area contributed by atoms with Gasteiger partial charge < -0.3 is 15.4 Å². The first-order valence-corrected chi connectivity index (χ1v) is 10.3. The van der Waals surface area contributed by atoms with Gasteiger partial charge in [-0.2, -0.15) is 0 Å². The van der Waals surface area contributed by atoms with Crippen molar-refractivity contribution in [3.63, 3.8) is 0 Å². The molecule has 156 valence electrons. The average molecular weight is 400 g/mol. The van der Waals surface area contributed by atoms with E-state index in [2.05, 4.69) is 22.5 Å². The Bertz CT molecular complexity index is 799. The van der Waals surface area contributed by atoms with Crippen molar-refractivity contribution in [2.45, 2.75) is 32.5 Å². The highest BCUT2D eigenvalue weighted by molar-refractivity contribution is 5.78. The van der Waals surface area contributed by atoms with Crippen LogP contribution in [0.15, 0.2) is 48.5 Å². The third kappa shape index (κ3) is 6.35. The largest absolute Gasteiger partial charge is 0.377 e. The normalized spacial score (nSPS) is 17.2. The Kier molecular flexibility index (Phi) is 8.16. The minimum absolute atomic E-state index is 0.0140. The van der Waals surface area contributed by atoms with Crippen molar-refractivity contribution in [2.24, 2.45) is 0 Å². The molecule has 0 bridgehead atoms. The number of nitrogens with one attached hydrogen (secondary N) is 2. The van der Waals surface area contributed by atoms with Crippen molar-refractivity contribution in [3.8, 4) is 0 Å². The van der Waals surface area contributed by atoms with E-state index in [1.54, 1.807) is 12.1 Å². The van der Waals surface area contributed by atoms with Gasteiger partial charge in [0, 0.05) is 38.8 Å². The fourth-order valence-electron chi connectivity index (χ4n) is 3.61. The fraction of sp³-hybridized carbons (Fsp3) is 0.435. The summed E-state index contributed by atoms with van der Waals surface area (Å²) >= 11 is 0. The third-order valence-electron chi connectivity index (χ3n) is 5.13. The van der Waals surface area contributed by atoms with Crippen LogP contribution in [0.1, 0.15) is 36.1 Å². The van der Waals surface area contributed by atoms with E-state index in [1.165, 1.54) is 6.07 Å². The molecule has 1 aliphatic rings. The number of hydrogen-bond donors (Lipinski definition) is 2. The Labute approximate surface area is 172 Å².